The van der Waals surface area contributed by atoms with E-state index in [1.54, 1.807) is 35.0 Å². The Morgan fingerprint density at radius 1 is 1.19 bits per heavy atom. The predicted octanol–water partition coefficient (Wildman–Crippen LogP) is 3.49. The van der Waals surface area contributed by atoms with Crippen molar-refractivity contribution >= 4 is 16.6 Å². The molecule has 0 amide bonds. The Labute approximate surface area is 150 Å². The molecule has 0 bridgehead atoms. The van der Waals surface area contributed by atoms with Crippen molar-refractivity contribution in [3.05, 3.63) is 65.0 Å². The lowest BCUT2D eigenvalue weighted by atomic mass is 10.1. The largest absolute Gasteiger partial charge is 0.573 e. The van der Waals surface area contributed by atoms with E-state index in [4.69, 9.17) is 0 Å². The van der Waals surface area contributed by atoms with Crippen LogP contribution in [-0.4, -0.2) is 25.3 Å². The summed E-state index contributed by atoms with van der Waals surface area (Å²) in [5.41, 5.74) is 0.775. The molecule has 0 aliphatic rings. The van der Waals surface area contributed by atoms with Crippen LogP contribution >= 0.6 is 0 Å². The molecule has 0 radical (unpaired) electrons. The Bertz CT molecular complexity index is 1210. The zero-order chi connectivity index (χ0) is 19.2. The minimum absolute atomic E-state index is 0.273. The topological polar surface area (TPSA) is 61.4 Å². The third-order valence-corrected chi connectivity index (χ3v) is 4.15. The van der Waals surface area contributed by atoms with Gasteiger partial charge in [-0.25, -0.2) is 14.3 Å². The van der Waals surface area contributed by atoms with Crippen LogP contribution in [0.5, 0.6) is 5.75 Å². The minimum Gasteiger partial charge on any atom is -0.406 e. The maximum Gasteiger partial charge on any atom is 0.573 e. The Balaban J connectivity index is 2.07. The number of alkyl halides is 3. The molecular weight excluding hydrogens is 361 g/mol. The lowest BCUT2D eigenvalue weighted by Gasteiger charge is -2.15. The number of imidazole rings is 1. The fourth-order valence-electron chi connectivity index (χ4n) is 3.07. The van der Waals surface area contributed by atoms with Gasteiger partial charge in [-0.3, -0.25) is 4.40 Å². The van der Waals surface area contributed by atoms with Gasteiger partial charge in [0.1, 0.15) is 17.2 Å². The highest BCUT2D eigenvalue weighted by atomic mass is 19.4. The molecule has 4 aromatic rings. The Hall–Kier alpha value is -3.36. The van der Waals surface area contributed by atoms with E-state index in [1.165, 1.54) is 22.8 Å². The molecule has 0 saturated carbocycles. The smallest absolute Gasteiger partial charge is 0.406 e. The van der Waals surface area contributed by atoms with Gasteiger partial charge >= 0.3 is 12.1 Å². The van der Waals surface area contributed by atoms with Gasteiger partial charge in [0.15, 0.2) is 0 Å². The predicted molar refractivity (Wildman–Crippen MR) is 92.2 cm³/mol. The number of hydrogen-bond donors (Lipinski definition) is 0. The molecular formula is C18H13F3N4O2. The Kier molecular flexibility index (Phi) is 3.87. The van der Waals surface area contributed by atoms with E-state index in [9.17, 15) is 18.0 Å². The zero-order valence-electron chi connectivity index (χ0n) is 14.1. The number of benzene rings is 1. The molecule has 4 rings (SSSR count). The maximum absolute atomic E-state index is 12.7. The quantitative estimate of drug-likeness (QED) is 0.551. The van der Waals surface area contributed by atoms with Crippen molar-refractivity contribution in [2.24, 2.45) is 0 Å². The molecule has 3 heterocycles. The second-order valence-corrected chi connectivity index (χ2v) is 5.80. The van der Waals surface area contributed by atoms with Crippen LogP contribution in [0.15, 0.2) is 53.6 Å². The average molecular weight is 374 g/mol. The SMILES string of the molecule is CCc1nc(=O)n(-c2cccc3nccn23)c2cc(OC(F)(F)F)ccc12. The number of pyridine rings is 1. The first-order chi connectivity index (χ1) is 12.9. The van der Waals surface area contributed by atoms with Gasteiger partial charge < -0.3 is 4.74 Å². The standard InChI is InChI=1S/C18H13F3N4O2/c1-2-13-12-7-6-11(27-18(19,20)21)10-14(12)25(17(26)23-13)16-5-3-4-15-22-8-9-24(15)16/h3-10H,2H2,1H3. The molecule has 0 N–H and O–H groups in total. The number of aromatic nitrogens is 4. The molecule has 0 atom stereocenters. The molecule has 0 aliphatic heterocycles. The lowest BCUT2D eigenvalue weighted by Crippen LogP contribution is -2.25. The van der Waals surface area contributed by atoms with Crippen molar-refractivity contribution < 1.29 is 17.9 Å². The summed E-state index contributed by atoms with van der Waals surface area (Å²) < 4.78 is 44.9. The van der Waals surface area contributed by atoms with Gasteiger partial charge in [-0.05, 0) is 30.7 Å². The fourth-order valence-corrected chi connectivity index (χ4v) is 3.07. The van der Waals surface area contributed by atoms with E-state index >= 15 is 0 Å². The normalized spacial score (nSPS) is 12.0. The van der Waals surface area contributed by atoms with Crippen LogP contribution in [0.25, 0.3) is 22.4 Å². The second-order valence-electron chi connectivity index (χ2n) is 5.80. The first-order valence-corrected chi connectivity index (χ1v) is 8.11. The van der Waals surface area contributed by atoms with Crippen molar-refractivity contribution in [1.82, 2.24) is 18.9 Å². The summed E-state index contributed by atoms with van der Waals surface area (Å²) in [5.74, 6) is 0.00789. The number of hydrogen-bond acceptors (Lipinski definition) is 4. The number of ether oxygens (including phenoxy) is 1. The number of rotatable bonds is 3. The maximum atomic E-state index is 12.7. The number of aryl methyl sites for hydroxylation is 1. The van der Waals surface area contributed by atoms with Gasteiger partial charge in [0.05, 0.1) is 11.2 Å². The van der Waals surface area contributed by atoms with Gasteiger partial charge in [0, 0.05) is 23.8 Å². The number of halogens is 3. The minimum atomic E-state index is -4.83. The number of nitrogens with zero attached hydrogens (tertiary/aromatic N) is 4. The number of fused-ring (bicyclic) bond motifs is 2. The van der Waals surface area contributed by atoms with E-state index in [-0.39, 0.29) is 5.52 Å². The molecule has 1 aromatic carbocycles. The van der Waals surface area contributed by atoms with Crippen LogP contribution in [0, 0.1) is 0 Å². The molecule has 6 nitrogen and oxygen atoms in total. The molecule has 0 aliphatic carbocycles. The van der Waals surface area contributed by atoms with Gasteiger partial charge in [0.25, 0.3) is 0 Å². The summed E-state index contributed by atoms with van der Waals surface area (Å²) in [6.45, 7) is 1.82. The summed E-state index contributed by atoms with van der Waals surface area (Å²) in [5, 5.41) is 0.573. The molecule has 9 heteroatoms. The Morgan fingerprint density at radius 3 is 2.74 bits per heavy atom. The van der Waals surface area contributed by atoms with E-state index in [2.05, 4.69) is 14.7 Å². The van der Waals surface area contributed by atoms with Gasteiger partial charge in [-0.1, -0.05) is 13.0 Å². The summed E-state index contributed by atoms with van der Waals surface area (Å²) in [6, 6.07) is 9.01. The van der Waals surface area contributed by atoms with Crippen molar-refractivity contribution in [3.8, 4) is 11.6 Å². The van der Waals surface area contributed by atoms with Crippen LogP contribution in [0.1, 0.15) is 12.6 Å². The van der Waals surface area contributed by atoms with Crippen molar-refractivity contribution in [1.29, 1.82) is 0 Å². The van der Waals surface area contributed by atoms with Gasteiger partial charge in [0.2, 0.25) is 0 Å². The summed E-state index contributed by atoms with van der Waals surface area (Å²) in [7, 11) is 0. The second kappa shape index (κ2) is 6.11. The monoisotopic (exact) mass is 374 g/mol. The highest BCUT2D eigenvalue weighted by Crippen LogP contribution is 2.28. The first-order valence-electron chi connectivity index (χ1n) is 8.11. The van der Waals surface area contributed by atoms with Crippen LogP contribution in [-0.2, 0) is 6.42 Å². The summed E-state index contributed by atoms with van der Waals surface area (Å²) in [4.78, 5) is 21.0. The van der Waals surface area contributed by atoms with Crippen LogP contribution in [0.2, 0.25) is 0 Å². The molecule has 3 aromatic heterocycles. The lowest BCUT2D eigenvalue weighted by molar-refractivity contribution is -0.274. The van der Waals surface area contributed by atoms with E-state index in [1.807, 2.05) is 6.92 Å². The summed E-state index contributed by atoms with van der Waals surface area (Å²) in [6.07, 6.45) is -1.14. The third-order valence-electron chi connectivity index (χ3n) is 4.15. The fraction of sp³-hybridized carbons (Fsp3) is 0.167. The molecule has 27 heavy (non-hydrogen) atoms. The van der Waals surface area contributed by atoms with Gasteiger partial charge in [-0.15, -0.1) is 13.2 Å². The molecule has 0 unspecified atom stereocenters. The van der Waals surface area contributed by atoms with Crippen LogP contribution < -0.4 is 10.4 Å². The van der Waals surface area contributed by atoms with E-state index < -0.39 is 17.8 Å². The highest BCUT2D eigenvalue weighted by molar-refractivity contribution is 5.84. The zero-order valence-corrected chi connectivity index (χ0v) is 14.1. The first kappa shape index (κ1) is 17.1. The molecule has 0 fully saturated rings. The van der Waals surface area contributed by atoms with Gasteiger partial charge in [-0.2, -0.15) is 4.98 Å². The van der Waals surface area contributed by atoms with Crippen molar-refractivity contribution in [2.45, 2.75) is 19.7 Å². The van der Waals surface area contributed by atoms with E-state index in [0.29, 0.717) is 29.0 Å². The molecule has 138 valence electrons. The average Bonchev–Trinajstić information content (AvgIpc) is 3.08. The van der Waals surface area contributed by atoms with Crippen LogP contribution in [0.3, 0.4) is 0 Å². The highest BCUT2D eigenvalue weighted by Gasteiger charge is 2.31. The summed E-state index contributed by atoms with van der Waals surface area (Å²) >= 11 is 0. The van der Waals surface area contributed by atoms with Crippen LogP contribution in [0.4, 0.5) is 13.2 Å². The molecule has 0 saturated heterocycles. The molecule has 0 spiro atoms. The van der Waals surface area contributed by atoms with E-state index in [0.717, 1.165) is 0 Å². The van der Waals surface area contributed by atoms with Crippen molar-refractivity contribution in [2.75, 3.05) is 0 Å². The third kappa shape index (κ3) is 3.01. The Morgan fingerprint density at radius 2 is 2.00 bits per heavy atom. The van der Waals surface area contributed by atoms with Crippen molar-refractivity contribution in [3.63, 3.8) is 0 Å².